The van der Waals surface area contributed by atoms with Gasteiger partial charge in [-0.2, -0.15) is 26.3 Å². The minimum Gasteiger partial charge on any atom is -0.545 e. The molecule has 4 nitrogen and oxygen atoms in total. The number of rotatable bonds is 4. The van der Waals surface area contributed by atoms with Crippen molar-refractivity contribution in [1.82, 2.24) is 10.2 Å². The van der Waals surface area contributed by atoms with Crippen LogP contribution in [0.2, 0.25) is 0 Å². The quantitative estimate of drug-likeness (QED) is 0.610. The molecule has 0 fully saturated rings. The lowest BCUT2D eigenvalue weighted by atomic mass is 9.96. The smallest absolute Gasteiger partial charge is 0.417 e. The minimum absolute atomic E-state index is 0.229. The molecule has 1 atom stereocenters. The van der Waals surface area contributed by atoms with E-state index < -0.39 is 47.7 Å². The first-order chi connectivity index (χ1) is 10.7. The molecule has 1 aliphatic rings. The maximum absolute atomic E-state index is 12.9. The maximum Gasteiger partial charge on any atom is 0.417 e. The number of hydrogen-bond acceptors (Lipinski definition) is 4. The number of nitrogens with one attached hydrogen (secondary N) is 1. The highest BCUT2D eigenvalue weighted by molar-refractivity contribution is 5.87. The number of halogens is 6. The lowest BCUT2D eigenvalue weighted by Gasteiger charge is -2.44. The predicted molar refractivity (Wildman–Crippen MR) is 69.8 cm³/mol. The van der Waals surface area contributed by atoms with Crippen LogP contribution in [0.4, 0.5) is 26.3 Å². The largest absolute Gasteiger partial charge is 0.545 e. The van der Waals surface area contributed by atoms with Crippen LogP contribution >= 0.6 is 0 Å². The highest BCUT2D eigenvalue weighted by Crippen LogP contribution is 2.35. The molecule has 1 N–H and O–H groups in total. The fraction of sp³-hybridized carbons (Fsp3) is 0.500. The van der Waals surface area contributed by atoms with E-state index in [0.717, 1.165) is 0 Å². The van der Waals surface area contributed by atoms with Gasteiger partial charge in [0.15, 0.2) is 0 Å². The van der Waals surface area contributed by atoms with Gasteiger partial charge in [-0.3, -0.25) is 5.32 Å². The summed E-state index contributed by atoms with van der Waals surface area (Å²) in [7, 11) is 0. The van der Waals surface area contributed by atoms with Gasteiger partial charge < -0.3 is 14.8 Å². The molecule has 0 aromatic rings. The van der Waals surface area contributed by atoms with E-state index in [9.17, 15) is 36.2 Å². The summed E-state index contributed by atoms with van der Waals surface area (Å²) in [6.07, 6.45) is -5.43. The molecule has 0 saturated heterocycles. The van der Waals surface area contributed by atoms with Crippen molar-refractivity contribution in [2.24, 2.45) is 0 Å². The molecule has 10 heteroatoms. The fourth-order valence-electron chi connectivity index (χ4n) is 1.96. The molecule has 134 valence electrons. The van der Waals surface area contributed by atoms with Crippen molar-refractivity contribution in [3.05, 3.63) is 23.4 Å². The van der Waals surface area contributed by atoms with Crippen LogP contribution in [0.5, 0.6) is 0 Å². The SMILES string of the molecule is C#CC(C)(C)N1C=C(C(F)(F)F)C=C(C(=O)[O-])C1NCC(F)(F)F. The van der Waals surface area contributed by atoms with Crippen LogP contribution < -0.4 is 10.4 Å². The normalized spacial score (nSPS) is 19.5. The van der Waals surface area contributed by atoms with Gasteiger partial charge in [0, 0.05) is 11.8 Å². The summed E-state index contributed by atoms with van der Waals surface area (Å²) in [5.41, 5.74) is -3.87. The van der Waals surface area contributed by atoms with Gasteiger partial charge in [-0.25, -0.2) is 0 Å². The van der Waals surface area contributed by atoms with Crippen LogP contribution in [0.1, 0.15) is 13.8 Å². The molecule has 0 spiro atoms. The number of alkyl halides is 6. The van der Waals surface area contributed by atoms with Crippen molar-refractivity contribution >= 4 is 5.97 Å². The first kappa shape index (κ1) is 19.9. The highest BCUT2D eigenvalue weighted by Gasteiger charge is 2.42. The average Bonchev–Trinajstić information content (AvgIpc) is 2.42. The van der Waals surface area contributed by atoms with Crippen molar-refractivity contribution in [3.8, 4) is 12.3 Å². The van der Waals surface area contributed by atoms with Crippen molar-refractivity contribution in [2.45, 2.75) is 37.9 Å². The van der Waals surface area contributed by atoms with E-state index in [0.29, 0.717) is 11.1 Å². The van der Waals surface area contributed by atoms with Crippen molar-refractivity contribution in [1.29, 1.82) is 0 Å². The van der Waals surface area contributed by atoms with Gasteiger partial charge in [-0.1, -0.05) is 5.92 Å². The summed E-state index contributed by atoms with van der Waals surface area (Å²) in [5, 5.41) is 13.0. The summed E-state index contributed by atoms with van der Waals surface area (Å²) < 4.78 is 76.1. The Balaban J connectivity index is 3.40. The van der Waals surface area contributed by atoms with E-state index in [1.165, 1.54) is 13.8 Å². The number of terminal acetylenes is 1. The molecule has 1 rings (SSSR count). The van der Waals surface area contributed by atoms with E-state index in [-0.39, 0.29) is 6.08 Å². The zero-order valence-electron chi connectivity index (χ0n) is 12.5. The van der Waals surface area contributed by atoms with Crippen LogP contribution in [0.3, 0.4) is 0 Å². The molecule has 1 aliphatic heterocycles. The van der Waals surface area contributed by atoms with E-state index in [1.54, 1.807) is 0 Å². The number of aliphatic carboxylic acids is 1. The van der Waals surface area contributed by atoms with Gasteiger partial charge in [-0.15, -0.1) is 6.42 Å². The van der Waals surface area contributed by atoms with E-state index in [1.807, 2.05) is 5.32 Å². The van der Waals surface area contributed by atoms with Crippen molar-refractivity contribution < 1.29 is 36.2 Å². The minimum atomic E-state index is -4.92. The van der Waals surface area contributed by atoms with Gasteiger partial charge in [-0.05, 0) is 19.9 Å². The number of carbonyl (C=O) groups excluding carboxylic acids is 1. The van der Waals surface area contributed by atoms with Gasteiger partial charge >= 0.3 is 12.4 Å². The second-order valence-electron chi connectivity index (χ2n) is 5.48. The number of allylic oxidation sites excluding steroid dienone is 2. The first-order valence-electron chi connectivity index (χ1n) is 6.47. The Labute approximate surface area is 133 Å². The highest BCUT2D eigenvalue weighted by atomic mass is 19.4. The molecule has 1 unspecified atom stereocenters. The topological polar surface area (TPSA) is 55.4 Å². The van der Waals surface area contributed by atoms with Gasteiger partial charge in [0.2, 0.25) is 0 Å². The summed E-state index contributed by atoms with van der Waals surface area (Å²) in [4.78, 5) is 11.9. The lowest BCUT2D eigenvalue weighted by Crippen LogP contribution is -2.58. The summed E-state index contributed by atoms with van der Waals surface area (Å²) in [5.74, 6) is 0.0823. The Morgan fingerprint density at radius 1 is 1.33 bits per heavy atom. The fourth-order valence-corrected chi connectivity index (χ4v) is 1.96. The third-order valence-electron chi connectivity index (χ3n) is 3.22. The third-order valence-corrected chi connectivity index (χ3v) is 3.22. The molecule has 0 saturated carbocycles. The zero-order valence-corrected chi connectivity index (χ0v) is 12.5. The number of carboxylic acids is 1. The molecule has 0 radical (unpaired) electrons. The van der Waals surface area contributed by atoms with E-state index in [2.05, 4.69) is 5.92 Å². The van der Waals surface area contributed by atoms with E-state index >= 15 is 0 Å². The van der Waals surface area contributed by atoms with Gasteiger partial charge in [0.05, 0.1) is 23.6 Å². The maximum atomic E-state index is 12.9. The summed E-state index contributed by atoms with van der Waals surface area (Å²) in [6.45, 7) is 0.893. The molecule has 0 amide bonds. The van der Waals surface area contributed by atoms with Gasteiger partial charge in [0.1, 0.15) is 6.17 Å². The Kier molecular flexibility index (Phi) is 5.30. The number of carboxylic acid groups (broad SMARTS) is 1. The predicted octanol–water partition coefficient (Wildman–Crippen LogP) is 1.31. The summed E-state index contributed by atoms with van der Waals surface area (Å²) >= 11 is 0. The average molecular weight is 355 g/mol. The Morgan fingerprint density at radius 3 is 2.25 bits per heavy atom. The molecule has 0 aromatic carbocycles. The number of hydrogen-bond donors (Lipinski definition) is 1. The van der Waals surface area contributed by atoms with Crippen LogP contribution in [-0.2, 0) is 4.79 Å². The van der Waals surface area contributed by atoms with Crippen LogP contribution in [-0.4, -0.2) is 41.5 Å². The Hall–Kier alpha value is -2.15. The third kappa shape index (κ3) is 4.67. The second-order valence-corrected chi connectivity index (χ2v) is 5.48. The lowest BCUT2D eigenvalue weighted by molar-refractivity contribution is -0.300. The Bertz CT molecular complexity index is 610. The Morgan fingerprint density at radius 2 is 1.88 bits per heavy atom. The molecule has 0 bridgehead atoms. The van der Waals surface area contributed by atoms with Crippen LogP contribution in [0, 0.1) is 12.3 Å². The molecule has 0 aromatic heterocycles. The molecule has 1 heterocycles. The second kappa shape index (κ2) is 6.39. The van der Waals surface area contributed by atoms with Gasteiger partial charge in [0.25, 0.3) is 0 Å². The molecular weight excluding hydrogens is 342 g/mol. The van der Waals surface area contributed by atoms with Crippen LogP contribution in [0.25, 0.3) is 0 Å². The zero-order chi connectivity index (χ0) is 18.9. The molecule has 0 aliphatic carbocycles. The monoisotopic (exact) mass is 355 g/mol. The molecular formula is C14H13F6N2O2-. The van der Waals surface area contributed by atoms with Crippen molar-refractivity contribution in [2.75, 3.05) is 6.54 Å². The van der Waals surface area contributed by atoms with Crippen LogP contribution in [0.15, 0.2) is 23.4 Å². The van der Waals surface area contributed by atoms with E-state index in [4.69, 9.17) is 6.42 Å². The standard InChI is InChI=1S/C14H14F6N2O2/c1-4-12(2,3)22-6-8(14(18,19)20)5-9(11(23)24)10(22)21-7-13(15,16)17/h1,5-6,10,21H,7H2,2-3H3,(H,23,24)/p-1. The van der Waals surface area contributed by atoms with Crippen molar-refractivity contribution in [3.63, 3.8) is 0 Å². The number of carbonyl (C=O) groups is 1. The molecule has 24 heavy (non-hydrogen) atoms. The first-order valence-corrected chi connectivity index (χ1v) is 6.47. The summed E-state index contributed by atoms with van der Waals surface area (Å²) in [6, 6.07) is 0. The number of nitrogens with zero attached hydrogens (tertiary/aromatic N) is 1.